The van der Waals surface area contributed by atoms with E-state index in [1.165, 1.54) is 32.1 Å². The van der Waals surface area contributed by atoms with Crippen LogP contribution >= 0.6 is 11.3 Å². The van der Waals surface area contributed by atoms with Gasteiger partial charge >= 0.3 is 0 Å². The van der Waals surface area contributed by atoms with E-state index in [1.807, 2.05) is 13.0 Å². The van der Waals surface area contributed by atoms with Crippen molar-refractivity contribution in [1.29, 1.82) is 0 Å². The molecular formula is C17H23N3O2S. The van der Waals surface area contributed by atoms with Crippen LogP contribution in [0.15, 0.2) is 6.07 Å². The molecule has 2 aliphatic rings. The van der Waals surface area contributed by atoms with Crippen molar-refractivity contribution >= 4 is 27.5 Å². The Balaban J connectivity index is 1.58. The Hall–Kier alpha value is -1.40. The highest BCUT2D eigenvalue weighted by Crippen LogP contribution is 2.36. The van der Waals surface area contributed by atoms with Crippen molar-refractivity contribution < 1.29 is 9.90 Å². The number of carbonyl (C=O) groups is 1. The van der Waals surface area contributed by atoms with Gasteiger partial charge in [-0.25, -0.2) is 0 Å². The van der Waals surface area contributed by atoms with Crippen molar-refractivity contribution in [2.24, 2.45) is 5.92 Å². The number of thiophene rings is 1. The summed E-state index contributed by atoms with van der Waals surface area (Å²) in [7, 11) is 0. The molecule has 0 aromatic carbocycles. The Kier molecular flexibility index (Phi) is 3.89. The lowest BCUT2D eigenvalue weighted by molar-refractivity contribution is 0.0951. The summed E-state index contributed by atoms with van der Waals surface area (Å²) in [6.07, 6.45) is 7.14. The average molecular weight is 333 g/mol. The van der Waals surface area contributed by atoms with Crippen molar-refractivity contribution in [3.63, 3.8) is 0 Å². The number of amides is 1. The van der Waals surface area contributed by atoms with Crippen molar-refractivity contribution in [3.05, 3.63) is 16.6 Å². The number of fused-ring (bicyclic) bond motifs is 1. The molecule has 124 valence electrons. The van der Waals surface area contributed by atoms with Crippen molar-refractivity contribution in [3.8, 4) is 0 Å². The first-order valence-corrected chi connectivity index (χ1v) is 9.39. The van der Waals surface area contributed by atoms with Gasteiger partial charge in [-0.15, -0.1) is 11.3 Å². The first-order valence-electron chi connectivity index (χ1n) is 8.57. The van der Waals surface area contributed by atoms with Crippen LogP contribution in [0.2, 0.25) is 0 Å². The molecule has 0 unspecified atom stereocenters. The first-order chi connectivity index (χ1) is 11.2. The van der Waals surface area contributed by atoms with Gasteiger partial charge in [0.15, 0.2) is 0 Å². The molecular weight excluding hydrogens is 310 g/mol. The Morgan fingerprint density at radius 3 is 2.91 bits per heavy atom. The molecule has 1 amide bonds. The maximum Gasteiger partial charge on any atom is 0.261 e. The minimum absolute atomic E-state index is 0.0123. The van der Waals surface area contributed by atoms with Gasteiger partial charge in [-0.2, -0.15) is 5.10 Å². The lowest BCUT2D eigenvalue weighted by Crippen LogP contribution is -2.26. The highest BCUT2D eigenvalue weighted by atomic mass is 32.1. The summed E-state index contributed by atoms with van der Waals surface area (Å²) in [5, 5.41) is 18.0. The average Bonchev–Trinajstić information content (AvgIpc) is 3.04. The van der Waals surface area contributed by atoms with Crippen LogP contribution in [0.3, 0.4) is 0 Å². The number of hydrogen-bond acceptors (Lipinski definition) is 4. The number of aliphatic hydroxyl groups is 1. The first kappa shape index (κ1) is 15.1. The maximum absolute atomic E-state index is 12.4. The number of hydrogen-bond donors (Lipinski definition) is 2. The van der Waals surface area contributed by atoms with Crippen molar-refractivity contribution in [1.82, 2.24) is 15.1 Å². The minimum Gasteiger partial charge on any atom is -0.396 e. The fraction of sp³-hybridized carbons (Fsp3) is 0.647. The van der Waals surface area contributed by atoms with Crippen LogP contribution < -0.4 is 5.32 Å². The van der Waals surface area contributed by atoms with E-state index < -0.39 is 0 Å². The SMILES string of the molecule is Cc1nn(C2CCCCC2)c2sc(C(=O)N[C@H]3C[C@@H]3CO)cc12. The zero-order chi connectivity index (χ0) is 16.0. The second-order valence-corrected chi connectivity index (χ2v) is 7.94. The molecule has 2 N–H and O–H groups in total. The molecule has 2 fully saturated rings. The van der Waals surface area contributed by atoms with Crippen LogP contribution in [0.1, 0.15) is 59.9 Å². The van der Waals surface area contributed by atoms with Crippen LogP contribution in [-0.4, -0.2) is 33.4 Å². The molecule has 4 rings (SSSR count). The molecule has 2 aliphatic carbocycles. The zero-order valence-electron chi connectivity index (χ0n) is 13.4. The zero-order valence-corrected chi connectivity index (χ0v) is 14.2. The number of carbonyl (C=O) groups excluding carboxylic acids is 1. The van der Waals surface area contributed by atoms with E-state index in [-0.39, 0.29) is 24.5 Å². The summed E-state index contributed by atoms with van der Waals surface area (Å²) in [6.45, 7) is 2.19. The largest absolute Gasteiger partial charge is 0.396 e. The molecule has 2 atom stereocenters. The van der Waals surface area contributed by atoms with Gasteiger partial charge in [0.2, 0.25) is 0 Å². The lowest BCUT2D eigenvalue weighted by atomic mass is 9.96. The van der Waals surface area contributed by atoms with Gasteiger partial charge in [-0.1, -0.05) is 19.3 Å². The van der Waals surface area contributed by atoms with Gasteiger partial charge < -0.3 is 10.4 Å². The molecule has 23 heavy (non-hydrogen) atoms. The normalized spacial score (nSPS) is 25.0. The molecule has 5 nitrogen and oxygen atoms in total. The lowest BCUT2D eigenvalue weighted by Gasteiger charge is -2.22. The second kappa shape index (κ2) is 5.91. The number of rotatable bonds is 4. The predicted molar refractivity (Wildman–Crippen MR) is 90.9 cm³/mol. The van der Waals surface area contributed by atoms with Gasteiger partial charge in [0, 0.05) is 24.0 Å². The number of aryl methyl sites for hydroxylation is 1. The van der Waals surface area contributed by atoms with Crippen LogP contribution in [0, 0.1) is 12.8 Å². The van der Waals surface area contributed by atoms with Gasteiger partial charge in [0.1, 0.15) is 4.83 Å². The molecule has 2 saturated carbocycles. The number of aromatic nitrogens is 2. The summed E-state index contributed by atoms with van der Waals surface area (Å²) in [4.78, 5) is 14.3. The van der Waals surface area contributed by atoms with E-state index in [0.717, 1.165) is 27.2 Å². The third kappa shape index (κ3) is 2.78. The van der Waals surface area contributed by atoms with E-state index in [1.54, 1.807) is 11.3 Å². The summed E-state index contributed by atoms with van der Waals surface area (Å²) in [5.41, 5.74) is 1.01. The quantitative estimate of drug-likeness (QED) is 0.904. The fourth-order valence-corrected chi connectivity index (χ4v) is 4.76. The Morgan fingerprint density at radius 1 is 1.43 bits per heavy atom. The van der Waals surface area contributed by atoms with Crippen molar-refractivity contribution in [2.45, 2.75) is 57.5 Å². The minimum atomic E-state index is -0.0123. The third-order valence-corrected chi connectivity index (χ3v) is 6.31. The van der Waals surface area contributed by atoms with Gasteiger partial charge in [-0.05, 0) is 32.3 Å². The van der Waals surface area contributed by atoms with Crippen LogP contribution in [-0.2, 0) is 0 Å². The molecule has 0 spiro atoms. The van der Waals surface area contributed by atoms with Crippen LogP contribution in [0.4, 0.5) is 0 Å². The van der Waals surface area contributed by atoms with E-state index >= 15 is 0 Å². The summed E-state index contributed by atoms with van der Waals surface area (Å²) in [6, 6.07) is 2.61. The summed E-state index contributed by atoms with van der Waals surface area (Å²) >= 11 is 1.55. The van der Waals surface area contributed by atoms with E-state index in [4.69, 9.17) is 10.2 Å². The number of nitrogens with zero attached hydrogens (tertiary/aromatic N) is 2. The number of aliphatic hydroxyl groups excluding tert-OH is 1. The summed E-state index contributed by atoms with van der Waals surface area (Å²) < 4.78 is 2.17. The number of nitrogens with one attached hydrogen (secondary N) is 1. The molecule has 2 aromatic heterocycles. The van der Waals surface area contributed by atoms with E-state index in [0.29, 0.717) is 6.04 Å². The van der Waals surface area contributed by atoms with E-state index in [9.17, 15) is 4.79 Å². The Bertz CT molecular complexity index is 730. The predicted octanol–water partition coefficient (Wildman–Crippen LogP) is 3.02. The Labute approximate surface area is 139 Å². The fourth-order valence-electron chi connectivity index (χ4n) is 3.62. The van der Waals surface area contributed by atoms with Crippen LogP contribution in [0.5, 0.6) is 0 Å². The molecule has 0 aliphatic heterocycles. The standard InChI is InChI=1S/C17H23N3O2S/c1-10-13-8-15(16(22)18-14-7-11(14)9-21)23-17(13)20(19-10)12-5-3-2-4-6-12/h8,11-12,14,21H,2-7,9H2,1H3,(H,18,22)/t11-,14+/m1/s1. The van der Waals surface area contributed by atoms with Crippen molar-refractivity contribution in [2.75, 3.05) is 6.61 Å². The smallest absolute Gasteiger partial charge is 0.261 e. The molecule has 0 radical (unpaired) electrons. The Morgan fingerprint density at radius 2 is 2.22 bits per heavy atom. The maximum atomic E-state index is 12.4. The van der Waals surface area contributed by atoms with Gasteiger partial charge in [0.05, 0.1) is 16.6 Å². The highest BCUT2D eigenvalue weighted by Gasteiger charge is 2.38. The molecule has 2 aromatic rings. The van der Waals surface area contributed by atoms with E-state index in [2.05, 4.69) is 10.00 Å². The van der Waals surface area contributed by atoms with Gasteiger partial charge in [-0.3, -0.25) is 9.48 Å². The molecule has 2 heterocycles. The highest BCUT2D eigenvalue weighted by molar-refractivity contribution is 7.20. The second-order valence-electron chi connectivity index (χ2n) is 6.91. The molecule has 0 bridgehead atoms. The third-order valence-electron chi connectivity index (χ3n) is 5.19. The molecule has 6 heteroatoms. The van der Waals surface area contributed by atoms with Gasteiger partial charge in [0.25, 0.3) is 5.91 Å². The monoisotopic (exact) mass is 333 g/mol. The molecule has 0 saturated heterocycles. The summed E-state index contributed by atoms with van der Waals surface area (Å²) in [5.74, 6) is 0.231. The topological polar surface area (TPSA) is 67.2 Å². The van der Waals surface area contributed by atoms with Crippen LogP contribution in [0.25, 0.3) is 10.2 Å².